The maximum atomic E-state index is 5.59. The molecule has 2 unspecified atom stereocenters. The minimum atomic E-state index is 0.161. The Bertz CT molecular complexity index is 244. The Labute approximate surface area is 81.9 Å². The van der Waals surface area contributed by atoms with Gasteiger partial charge in [0.15, 0.2) is 0 Å². The van der Waals surface area contributed by atoms with Crippen LogP contribution in [0.3, 0.4) is 0 Å². The van der Waals surface area contributed by atoms with Crippen molar-refractivity contribution < 1.29 is 4.74 Å². The molecule has 0 spiro atoms. The highest BCUT2D eigenvalue weighted by molar-refractivity contribution is 7.07. The van der Waals surface area contributed by atoms with Gasteiger partial charge in [-0.2, -0.15) is 11.3 Å². The van der Waals surface area contributed by atoms with Gasteiger partial charge in [0.25, 0.3) is 0 Å². The molecule has 72 valence electrons. The van der Waals surface area contributed by atoms with Crippen LogP contribution in [0.15, 0.2) is 16.8 Å². The quantitative estimate of drug-likeness (QED) is 0.570. The SMILES string of the molecule is NNC(c1ccsc1)C1CCCO1. The third-order valence-electron chi connectivity index (χ3n) is 2.42. The Morgan fingerprint density at radius 1 is 1.69 bits per heavy atom. The van der Waals surface area contributed by atoms with E-state index >= 15 is 0 Å². The molecular formula is C9H14N2OS. The molecule has 1 aromatic heterocycles. The number of hydrogen-bond donors (Lipinski definition) is 2. The second-order valence-electron chi connectivity index (χ2n) is 3.25. The van der Waals surface area contributed by atoms with Gasteiger partial charge < -0.3 is 4.74 Å². The van der Waals surface area contributed by atoms with Crippen LogP contribution >= 0.6 is 11.3 Å². The lowest BCUT2D eigenvalue weighted by Gasteiger charge is -2.20. The summed E-state index contributed by atoms with van der Waals surface area (Å²) in [6.45, 7) is 0.868. The normalized spacial score (nSPS) is 24.8. The predicted molar refractivity (Wildman–Crippen MR) is 53.4 cm³/mol. The maximum absolute atomic E-state index is 5.59. The highest BCUT2D eigenvalue weighted by Crippen LogP contribution is 2.27. The molecular weight excluding hydrogens is 184 g/mol. The van der Waals surface area contributed by atoms with E-state index in [1.165, 1.54) is 5.56 Å². The van der Waals surface area contributed by atoms with E-state index in [1.54, 1.807) is 11.3 Å². The summed E-state index contributed by atoms with van der Waals surface area (Å²) in [5.74, 6) is 5.52. The fourth-order valence-electron chi connectivity index (χ4n) is 1.74. The van der Waals surface area contributed by atoms with Crippen molar-refractivity contribution in [2.75, 3.05) is 6.61 Å². The number of thiophene rings is 1. The number of ether oxygens (including phenoxy) is 1. The third-order valence-corrected chi connectivity index (χ3v) is 3.12. The van der Waals surface area contributed by atoms with E-state index in [2.05, 4.69) is 22.3 Å². The van der Waals surface area contributed by atoms with Crippen molar-refractivity contribution in [3.63, 3.8) is 0 Å². The Morgan fingerprint density at radius 3 is 3.15 bits per heavy atom. The maximum Gasteiger partial charge on any atom is 0.0783 e. The fraction of sp³-hybridized carbons (Fsp3) is 0.556. The van der Waals surface area contributed by atoms with Gasteiger partial charge in [0.2, 0.25) is 0 Å². The lowest BCUT2D eigenvalue weighted by atomic mass is 10.0. The van der Waals surface area contributed by atoms with Gasteiger partial charge in [-0.3, -0.25) is 11.3 Å². The standard InChI is InChI=1S/C9H14N2OS/c10-11-9(7-3-5-13-6-7)8-2-1-4-12-8/h3,5-6,8-9,11H,1-2,4,10H2. The number of hydrogen-bond acceptors (Lipinski definition) is 4. The lowest BCUT2D eigenvalue weighted by Crippen LogP contribution is -2.36. The Hall–Kier alpha value is -0.420. The van der Waals surface area contributed by atoms with E-state index in [0.717, 1.165) is 19.4 Å². The van der Waals surface area contributed by atoms with E-state index < -0.39 is 0 Å². The van der Waals surface area contributed by atoms with Gasteiger partial charge in [0, 0.05) is 6.61 Å². The van der Waals surface area contributed by atoms with Crippen LogP contribution < -0.4 is 11.3 Å². The first-order valence-corrected chi connectivity index (χ1v) is 5.46. The predicted octanol–water partition coefficient (Wildman–Crippen LogP) is 1.43. The van der Waals surface area contributed by atoms with E-state index in [0.29, 0.717) is 0 Å². The van der Waals surface area contributed by atoms with Gasteiger partial charge >= 0.3 is 0 Å². The van der Waals surface area contributed by atoms with Gasteiger partial charge in [-0.05, 0) is 35.2 Å². The summed E-state index contributed by atoms with van der Waals surface area (Å²) in [7, 11) is 0. The van der Waals surface area contributed by atoms with E-state index in [4.69, 9.17) is 10.6 Å². The smallest absolute Gasteiger partial charge is 0.0783 e. The van der Waals surface area contributed by atoms with Crippen LogP contribution in [0.1, 0.15) is 24.4 Å². The van der Waals surface area contributed by atoms with Crippen molar-refractivity contribution in [2.24, 2.45) is 5.84 Å². The van der Waals surface area contributed by atoms with Crippen LogP contribution in [0.25, 0.3) is 0 Å². The number of nitrogens with one attached hydrogen (secondary N) is 1. The molecule has 3 nitrogen and oxygen atoms in total. The summed E-state index contributed by atoms with van der Waals surface area (Å²) in [6, 6.07) is 2.26. The van der Waals surface area contributed by atoms with E-state index in [1.807, 2.05) is 0 Å². The van der Waals surface area contributed by atoms with Crippen LogP contribution in [0, 0.1) is 0 Å². The lowest BCUT2D eigenvalue weighted by molar-refractivity contribution is 0.0785. The number of rotatable bonds is 3. The van der Waals surface area contributed by atoms with Crippen molar-refractivity contribution in [1.82, 2.24) is 5.43 Å². The van der Waals surface area contributed by atoms with Crippen LogP contribution in [-0.4, -0.2) is 12.7 Å². The molecule has 0 amide bonds. The summed E-state index contributed by atoms with van der Waals surface area (Å²) in [5, 5.41) is 4.18. The Morgan fingerprint density at radius 2 is 2.62 bits per heavy atom. The van der Waals surface area contributed by atoms with Gasteiger partial charge in [0.1, 0.15) is 0 Å². The highest BCUT2D eigenvalue weighted by Gasteiger charge is 2.26. The molecule has 2 atom stereocenters. The van der Waals surface area contributed by atoms with Gasteiger partial charge in [0.05, 0.1) is 12.1 Å². The third kappa shape index (κ3) is 1.91. The Balaban J connectivity index is 2.08. The molecule has 1 aliphatic rings. The molecule has 0 saturated carbocycles. The summed E-state index contributed by atoms with van der Waals surface area (Å²) in [4.78, 5) is 0. The molecule has 0 radical (unpaired) electrons. The van der Waals surface area contributed by atoms with Crippen molar-refractivity contribution in [3.05, 3.63) is 22.4 Å². The van der Waals surface area contributed by atoms with E-state index in [-0.39, 0.29) is 12.1 Å². The molecule has 2 heterocycles. The first kappa shape index (κ1) is 9.15. The molecule has 0 bridgehead atoms. The van der Waals surface area contributed by atoms with Gasteiger partial charge in [-0.1, -0.05) is 0 Å². The van der Waals surface area contributed by atoms with Gasteiger partial charge in [-0.15, -0.1) is 0 Å². The van der Waals surface area contributed by atoms with Crippen molar-refractivity contribution in [3.8, 4) is 0 Å². The average molecular weight is 198 g/mol. The van der Waals surface area contributed by atoms with E-state index in [9.17, 15) is 0 Å². The second-order valence-corrected chi connectivity index (χ2v) is 4.03. The summed E-state index contributed by atoms with van der Waals surface area (Å²) in [5.41, 5.74) is 4.06. The minimum absolute atomic E-state index is 0.161. The molecule has 1 saturated heterocycles. The van der Waals surface area contributed by atoms with Crippen molar-refractivity contribution >= 4 is 11.3 Å². The highest BCUT2D eigenvalue weighted by atomic mass is 32.1. The zero-order valence-electron chi connectivity index (χ0n) is 7.40. The topological polar surface area (TPSA) is 47.3 Å². The molecule has 1 aliphatic heterocycles. The summed E-state index contributed by atoms with van der Waals surface area (Å²) in [6.07, 6.45) is 2.50. The zero-order valence-corrected chi connectivity index (χ0v) is 8.22. The monoisotopic (exact) mass is 198 g/mol. The number of hydrazine groups is 1. The molecule has 0 aliphatic carbocycles. The molecule has 0 aromatic carbocycles. The van der Waals surface area contributed by atoms with Crippen molar-refractivity contribution in [1.29, 1.82) is 0 Å². The van der Waals surface area contributed by atoms with Crippen LogP contribution in [-0.2, 0) is 4.74 Å². The largest absolute Gasteiger partial charge is 0.376 e. The molecule has 4 heteroatoms. The molecule has 2 rings (SSSR count). The fourth-order valence-corrected chi connectivity index (χ4v) is 2.43. The van der Waals surface area contributed by atoms with Gasteiger partial charge in [-0.25, -0.2) is 0 Å². The van der Waals surface area contributed by atoms with Crippen molar-refractivity contribution in [2.45, 2.75) is 25.0 Å². The summed E-state index contributed by atoms with van der Waals surface area (Å²) >= 11 is 1.69. The first-order chi connectivity index (χ1) is 6.42. The van der Waals surface area contributed by atoms with Crippen LogP contribution in [0.2, 0.25) is 0 Å². The first-order valence-electron chi connectivity index (χ1n) is 4.51. The second kappa shape index (κ2) is 4.19. The van der Waals surface area contributed by atoms with Crippen LogP contribution in [0.4, 0.5) is 0 Å². The summed E-state index contributed by atoms with van der Waals surface area (Å²) < 4.78 is 5.59. The molecule has 1 aromatic rings. The average Bonchev–Trinajstić information content (AvgIpc) is 2.76. The molecule has 1 fully saturated rings. The molecule has 13 heavy (non-hydrogen) atoms. The minimum Gasteiger partial charge on any atom is -0.376 e. The number of nitrogens with two attached hydrogens (primary N) is 1. The molecule has 3 N–H and O–H groups in total. The zero-order chi connectivity index (χ0) is 9.10. The Kier molecular flexibility index (Phi) is 2.95. The van der Waals surface area contributed by atoms with Crippen LogP contribution in [0.5, 0.6) is 0 Å².